The molecule has 0 aliphatic carbocycles. The van der Waals surface area contributed by atoms with E-state index >= 15 is 0 Å². The van der Waals surface area contributed by atoms with Crippen LogP contribution in [0.5, 0.6) is 0 Å². The number of carboxylic acids is 1. The number of fused-ring (bicyclic) bond motifs is 1. The van der Waals surface area contributed by atoms with Gasteiger partial charge in [0.2, 0.25) is 11.8 Å². The standard InChI is InChI=1S/C18H22N2O5/c21-15(19-12-18(17(23)24)7-9-25-10-8-18)11-20-14-4-2-1-3-13(14)5-6-16(20)22/h1-4H,5-12H2,(H,19,21)(H,23,24). The van der Waals surface area contributed by atoms with Crippen molar-refractivity contribution in [1.29, 1.82) is 0 Å². The quantitative estimate of drug-likeness (QED) is 0.828. The number of hydrogen-bond acceptors (Lipinski definition) is 4. The van der Waals surface area contributed by atoms with Crippen molar-refractivity contribution in [2.45, 2.75) is 25.7 Å². The van der Waals surface area contributed by atoms with Crippen molar-refractivity contribution < 1.29 is 24.2 Å². The van der Waals surface area contributed by atoms with Crippen molar-refractivity contribution in [3.63, 3.8) is 0 Å². The van der Waals surface area contributed by atoms with Gasteiger partial charge in [0.25, 0.3) is 0 Å². The van der Waals surface area contributed by atoms with Gasteiger partial charge in [-0.2, -0.15) is 0 Å². The van der Waals surface area contributed by atoms with Crippen LogP contribution in [0.4, 0.5) is 5.69 Å². The van der Waals surface area contributed by atoms with Gasteiger partial charge in [0.05, 0.1) is 5.41 Å². The SMILES string of the molecule is O=C(CN1C(=O)CCc2ccccc21)NCC1(C(=O)O)CCOCC1. The summed E-state index contributed by atoms with van der Waals surface area (Å²) < 4.78 is 5.23. The Hall–Kier alpha value is -2.41. The zero-order chi connectivity index (χ0) is 17.9. The molecule has 134 valence electrons. The van der Waals surface area contributed by atoms with Crippen molar-refractivity contribution in [3.8, 4) is 0 Å². The van der Waals surface area contributed by atoms with Crippen molar-refractivity contribution in [3.05, 3.63) is 29.8 Å². The molecule has 1 fully saturated rings. The minimum absolute atomic E-state index is 0.0498. The number of carbonyl (C=O) groups is 3. The number of rotatable bonds is 5. The first-order valence-electron chi connectivity index (χ1n) is 8.48. The van der Waals surface area contributed by atoms with E-state index in [1.54, 1.807) is 0 Å². The van der Waals surface area contributed by atoms with Gasteiger partial charge in [-0.1, -0.05) is 18.2 Å². The molecule has 2 aliphatic heterocycles. The van der Waals surface area contributed by atoms with E-state index in [0.29, 0.717) is 38.9 Å². The fraction of sp³-hybridized carbons (Fsp3) is 0.500. The van der Waals surface area contributed by atoms with Crippen LogP contribution >= 0.6 is 0 Å². The Morgan fingerprint density at radius 3 is 2.64 bits per heavy atom. The summed E-state index contributed by atoms with van der Waals surface area (Å²) in [5.74, 6) is -1.36. The summed E-state index contributed by atoms with van der Waals surface area (Å²) in [4.78, 5) is 37.7. The maximum atomic E-state index is 12.3. The minimum Gasteiger partial charge on any atom is -0.481 e. The highest BCUT2D eigenvalue weighted by Gasteiger charge is 2.40. The predicted molar refractivity (Wildman–Crippen MR) is 90.2 cm³/mol. The molecule has 0 unspecified atom stereocenters. The largest absolute Gasteiger partial charge is 0.481 e. The molecule has 1 saturated heterocycles. The molecule has 7 heteroatoms. The number of para-hydroxylation sites is 1. The molecule has 25 heavy (non-hydrogen) atoms. The molecule has 0 atom stereocenters. The normalized spacial score (nSPS) is 19.2. The van der Waals surface area contributed by atoms with E-state index in [9.17, 15) is 19.5 Å². The highest BCUT2D eigenvalue weighted by Crippen LogP contribution is 2.30. The number of carboxylic acid groups (broad SMARTS) is 1. The maximum absolute atomic E-state index is 12.3. The molecular weight excluding hydrogens is 324 g/mol. The van der Waals surface area contributed by atoms with Crippen molar-refractivity contribution in [2.24, 2.45) is 5.41 Å². The number of carbonyl (C=O) groups excluding carboxylic acids is 2. The van der Waals surface area contributed by atoms with Gasteiger partial charge in [-0.25, -0.2) is 0 Å². The number of ether oxygens (including phenoxy) is 1. The molecule has 0 spiro atoms. The molecule has 3 rings (SSSR count). The molecule has 1 aromatic rings. The van der Waals surface area contributed by atoms with Gasteiger partial charge in [0.15, 0.2) is 0 Å². The number of aliphatic carboxylic acids is 1. The molecule has 2 aliphatic rings. The second kappa shape index (κ2) is 7.23. The average molecular weight is 346 g/mol. The van der Waals surface area contributed by atoms with E-state index in [1.807, 2.05) is 24.3 Å². The lowest BCUT2D eigenvalue weighted by atomic mass is 9.80. The first-order chi connectivity index (χ1) is 12.0. The summed E-state index contributed by atoms with van der Waals surface area (Å²) in [6, 6.07) is 7.53. The first kappa shape index (κ1) is 17.4. The molecule has 7 nitrogen and oxygen atoms in total. The summed E-state index contributed by atoms with van der Waals surface area (Å²) in [5, 5.41) is 12.2. The van der Waals surface area contributed by atoms with Crippen LogP contribution < -0.4 is 10.2 Å². The molecule has 0 bridgehead atoms. The van der Waals surface area contributed by atoms with Gasteiger partial charge in [-0.3, -0.25) is 14.4 Å². The number of nitrogens with one attached hydrogen (secondary N) is 1. The van der Waals surface area contributed by atoms with E-state index in [1.165, 1.54) is 4.90 Å². The van der Waals surface area contributed by atoms with Crippen LogP contribution in [-0.4, -0.2) is 49.2 Å². The monoisotopic (exact) mass is 346 g/mol. The summed E-state index contributed by atoms with van der Waals surface area (Å²) in [5.41, 5.74) is 0.812. The van der Waals surface area contributed by atoms with Crippen LogP contribution in [0.2, 0.25) is 0 Å². The molecule has 2 heterocycles. The average Bonchev–Trinajstić information content (AvgIpc) is 2.63. The number of nitrogens with zero attached hydrogens (tertiary/aromatic N) is 1. The summed E-state index contributed by atoms with van der Waals surface area (Å²) in [6.45, 7) is 0.705. The van der Waals surface area contributed by atoms with E-state index in [2.05, 4.69) is 5.32 Å². The number of hydrogen-bond donors (Lipinski definition) is 2. The minimum atomic E-state index is -0.988. The third kappa shape index (κ3) is 3.66. The van der Waals surface area contributed by atoms with Crippen LogP contribution in [0.3, 0.4) is 0 Å². The summed E-state index contributed by atoms with van der Waals surface area (Å²) >= 11 is 0. The highest BCUT2D eigenvalue weighted by atomic mass is 16.5. The molecule has 0 saturated carbocycles. The zero-order valence-corrected chi connectivity index (χ0v) is 14.0. The molecule has 0 aromatic heterocycles. The summed E-state index contributed by atoms with van der Waals surface area (Å²) in [6.07, 6.45) is 1.79. The Kier molecular flexibility index (Phi) is 5.03. The van der Waals surface area contributed by atoms with Crippen LogP contribution in [0.1, 0.15) is 24.8 Å². The fourth-order valence-electron chi connectivity index (χ4n) is 3.37. The topological polar surface area (TPSA) is 95.9 Å². The number of benzene rings is 1. The van der Waals surface area contributed by atoms with Gasteiger partial charge < -0.3 is 20.1 Å². The van der Waals surface area contributed by atoms with Crippen molar-refractivity contribution >= 4 is 23.5 Å². The van der Waals surface area contributed by atoms with Gasteiger partial charge >= 0.3 is 5.97 Å². The van der Waals surface area contributed by atoms with Crippen molar-refractivity contribution in [1.82, 2.24) is 5.32 Å². The fourth-order valence-corrected chi connectivity index (χ4v) is 3.37. The molecule has 2 N–H and O–H groups in total. The van der Waals surface area contributed by atoms with Gasteiger partial charge in [0.1, 0.15) is 6.54 Å². The molecule has 2 amide bonds. The number of anilines is 1. The smallest absolute Gasteiger partial charge is 0.311 e. The lowest BCUT2D eigenvalue weighted by molar-refractivity contribution is -0.154. The van der Waals surface area contributed by atoms with E-state index in [0.717, 1.165) is 11.3 Å². The van der Waals surface area contributed by atoms with Gasteiger partial charge in [-0.15, -0.1) is 0 Å². The first-order valence-corrected chi connectivity index (χ1v) is 8.48. The van der Waals surface area contributed by atoms with Crippen LogP contribution in [-0.2, 0) is 25.5 Å². The third-order valence-corrected chi connectivity index (χ3v) is 5.02. The summed E-state index contributed by atoms with van der Waals surface area (Å²) in [7, 11) is 0. The Bertz CT molecular complexity index is 682. The highest BCUT2D eigenvalue weighted by molar-refractivity contribution is 6.01. The molecular formula is C18H22N2O5. The lowest BCUT2D eigenvalue weighted by Gasteiger charge is -2.34. The Morgan fingerprint density at radius 2 is 1.92 bits per heavy atom. The predicted octanol–water partition coefficient (Wildman–Crippen LogP) is 0.963. The van der Waals surface area contributed by atoms with Crippen LogP contribution in [0.15, 0.2) is 24.3 Å². The second-order valence-corrected chi connectivity index (χ2v) is 6.58. The zero-order valence-electron chi connectivity index (χ0n) is 14.0. The lowest BCUT2D eigenvalue weighted by Crippen LogP contribution is -2.49. The number of amides is 2. The van der Waals surface area contributed by atoms with Crippen LogP contribution in [0, 0.1) is 5.41 Å². The second-order valence-electron chi connectivity index (χ2n) is 6.58. The van der Waals surface area contributed by atoms with Gasteiger partial charge in [0, 0.05) is 31.9 Å². The molecule has 0 radical (unpaired) electrons. The van der Waals surface area contributed by atoms with E-state index in [4.69, 9.17) is 4.74 Å². The van der Waals surface area contributed by atoms with E-state index < -0.39 is 11.4 Å². The van der Waals surface area contributed by atoms with Crippen molar-refractivity contribution in [2.75, 3.05) is 31.2 Å². The third-order valence-electron chi connectivity index (χ3n) is 5.02. The molecule has 1 aromatic carbocycles. The number of aryl methyl sites for hydroxylation is 1. The Balaban J connectivity index is 1.64. The Labute approximate surface area is 146 Å². The van der Waals surface area contributed by atoms with Gasteiger partial charge in [-0.05, 0) is 30.9 Å². The Morgan fingerprint density at radius 1 is 1.20 bits per heavy atom. The van der Waals surface area contributed by atoms with Crippen LogP contribution in [0.25, 0.3) is 0 Å². The maximum Gasteiger partial charge on any atom is 0.311 e. The van der Waals surface area contributed by atoms with E-state index in [-0.39, 0.29) is 24.9 Å².